The van der Waals surface area contributed by atoms with Crippen molar-refractivity contribution in [2.45, 2.75) is 45.4 Å². The molecular weight excluding hydrogens is 482 g/mol. The number of benzene rings is 4. The molecule has 5 rings (SSSR count). The van der Waals surface area contributed by atoms with Crippen LogP contribution in [0.5, 0.6) is 5.75 Å². The van der Waals surface area contributed by atoms with Crippen LogP contribution in [0.2, 0.25) is 0 Å². The molecule has 1 N–H and O–H groups in total. The lowest BCUT2D eigenvalue weighted by Gasteiger charge is -2.29. The highest BCUT2D eigenvalue weighted by Gasteiger charge is 2.18. The van der Waals surface area contributed by atoms with Gasteiger partial charge in [-0.05, 0) is 70.5 Å². The van der Waals surface area contributed by atoms with Gasteiger partial charge in [0, 0.05) is 19.6 Å². The molecule has 0 bridgehead atoms. The van der Waals surface area contributed by atoms with E-state index in [-0.39, 0.29) is 12.3 Å². The molecule has 1 heterocycles. The Balaban J connectivity index is 1.31. The van der Waals surface area contributed by atoms with Gasteiger partial charge in [0.2, 0.25) is 0 Å². The summed E-state index contributed by atoms with van der Waals surface area (Å²) in [5, 5.41) is 9.20. The summed E-state index contributed by atoms with van der Waals surface area (Å²) in [6.45, 7) is 5.11. The Morgan fingerprint density at radius 3 is 2.44 bits per heavy atom. The third kappa shape index (κ3) is 6.76. The number of fused-ring (bicyclic) bond motifs is 1. The van der Waals surface area contributed by atoms with E-state index in [1.54, 1.807) is 6.92 Å². The second-order valence-electron chi connectivity index (χ2n) is 9.99. The zero-order chi connectivity index (χ0) is 27.0. The van der Waals surface area contributed by atoms with Crippen molar-refractivity contribution in [2.24, 2.45) is 0 Å². The summed E-state index contributed by atoms with van der Waals surface area (Å²) in [6, 6.07) is 33.6. The largest absolute Gasteiger partial charge is 0.489 e. The van der Waals surface area contributed by atoms with Gasteiger partial charge in [0.1, 0.15) is 12.4 Å². The molecule has 0 aliphatic carbocycles. The minimum absolute atomic E-state index is 0.0143. The minimum Gasteiger partial charge on any atom is -0.489 e. The smallest absolute Gasteiger partial charge is 0.304 e. The van der Waals surface area contributed by atoms with Crippen molar-refractivity contribution in [3.8, 4) is 28.7 Å². The first kappa shape index (κ1) is 26.3. The second-order valence-corrected chi connectivity index (χ2v) is 9.99. The van der Waals surface area contributed by atoms with Crippen molar-refractivity contribution >= 4 is 5.97 Å². The van der Waals surface area contributed by atoms with Gasteiger partial charge in [-0.2, -0.15) is 0 Å². The number of hydrogen-bond acceptors (Lipinski definition) is 3. The molecule has 1 unspecified atom stereocenters. The van der Waals surface area contributed by atoms with Gasteiger partial charge in [0.25, 0.3) is 0 Å². The van der Waals surface area contributed by atoms with E-state index in [1.807, 2.05) is 24.3 Å². The molecule has 196 valence electrons. The van der Waals surface area contributed by atoms with Crippen LogP contribution in [0.15, 0.2) is 97.1 Å². The Morgan fingerprint density at radius 1 is 0.949 bits per heavy atom. The number of ether oxygens (including phenoxy) is 1. The van der Waals surface area contributed by atoms with Crippen molar-refractivity contribution in [1.82, 2.24) is 4.90 Å². The van der Waals surface area contributed by atoms with Gasteiger partial charge >= 0.3 is 5.97 Å². The number of hydrogen-bond donors (Lipinski definition) is 1. The number of carboxylic acids is 1. The topological polar surface area (TPSA) is 49.8 Å². The first-order valence-electron chi connectivity index (χ1n) is 13.4. The van der Waals surface area contributed by atoms with E-state index < -0.39 is 5.97 Å². The lowest BCUT2D eigenvalue weighted by Crippen LogP contribution is -2.30. The summed E-state index contributed by atoms with van der Waals surface area (Å²) in [5.41, 5.74) is 8.64. The molecule has 1 atom stereocenters. The zero-order valence-corrected chi connectivity index (χ0v) is 22.3. The normalized spacial score (nSPS) is 13.6. The highest BCUT2D eigenvalue weighted by atomic mass is 16.5. The summed E-state index contributed by atoms with van der Waals surface area (Å²) in [4.78, 5) is 13.7. The molecular formula is C35H33NO3. The van der Waals surface area contributed by atoms with Gasteiger partial charge in [-0.1, -0.05) is 84.8 Å². The molecule has 0 fully saturated rings. The maximum Gasteiger partial charge on any atom is 0.304 e. The van der Waals surface area contributed by atoms with Crippen LogP contribution in [0.4, 0.5) is 0 Å². The van der Waals surface area contributed by atoms with E-state index in [0.29, 0.717) is 6.61 Å². The summed E-state index contributed by atoms with van der Waals surface area (Å²) in [6.07, 6.45) is 1.07. The van der Waals surface area contributed by atoms with Gasteiger partial charge in [-0.25, -0.2) is 0 Å². The van der Waals surface area contributed by atoms with Crippen LogP contribution in [-0.4, -0.2) is 22.5 Å². The summed E-state index contributed by atoms with van der Waals surface area (Å²) in [5.74, 6) is 5.40. The third-order valence-electron chi connectivity index (χ3n) is 7.25. The van der Waals surface area contributed by atoms with Gasteiger partial charge in [0.15, 0.2) is 0 Å². The second kappa shape index (κ2) is 12.5. The van der Waals surface area contributed by atoms with Crippen molar-refractivity contribution in [3.05, 3.63) is 125 Å². The molecule has 0 radical (unpaired) electrons. The standard InChI is InChI=1S/C35H33NO3/c1-2-8-30(22-35(37)38)28-15-17-33(18-16-28)39-25-26-13-14-32(34(21-26)29-10-4-3-5-11-29)24-36-20-19-27-9-6-7-12-31(27)23-36/h3-7,9-18,21,30H,19-20,22-25H2,1H3,(H,37,38). The number of nitrogens with zero attached hydrogens (tertiary/aromatic N) is 1. The first-order valence-corrected chi connectivity index (χ1v) is 13.4. The molecule has 1 aliphatic heterocycles. The highest BCUT2D eigenvalue weighted by Crippen LogP contribution is 2.29. The van der Waals surface area contributed by atoms with Crippen LogP contribution in [0, 0.1) is 11.8 Å². The lowest BCUT2D eigenvalue weighted by atomic mass is 9.95. The van der Waals surface area contributed by atoms with Crippen LogP contribution >= 0.6 is 0 Å². The van der Waals surface area contributed by atoms with Gasteiger partial charge in [0.05, 0.1) is 12.3 Å². The van der Waals surface area contributed by atoms with Crippen LogP contribution in [0.3, 0.4) is 0 Å². The molecule has 4 aromatic rings. The Morgan fingerprint density at radius 2 is 1.69 bits per heavy atom. The highest BCUT2D eigenvalue weighted by molar-refractivity contribution is 5.69. The predicted octanol–water partition coefficient (Wildman–Crippen LogP) is 7.07. The summed E-state index contributed by atoms with van der Waals surface area (Å²) in [7, 11) is 0. The maximum atomic E-state index is 11.2. The fraction of sp³-hybridized carbons (Fsp3) is 0.229. The quantitative estimate of drug-likeness (QED) is 0.242. The molecule has 0 amide bonds. The lowest BCUT2D eigenvalue weighted by molar-refractivity contribution is -0.137. The van der Waals surface area contributed by atoms with Crippen molar-refractivity contribution in [2.75, 3.05) is 6.54 Å². The van der Waals surface area contributed by atoms with Crippen LogP contribution in [-0.2, 0) is 30.9 Å². The maximum absolute atomic E-state index is 11.2. The van der Waals surface area contributed by atoms with Crippen LogP contribution in [0.1, 0.15) is 47.1 Å². The Bertz CT molecular complexity index is 1480. The summed E-state index contributed by atoms with van der Waals surface area (Å²) < 4.78 is 6.12. The number of aliphatic carboxylic acids is 1. The van der Waals surface area contributed by atoms with Gasteiger partial charge in [-0.15, -0.1) is 5.92 Å². The van der Waals surface area contributed by atoms with Gasteiger partial charge in [-0.3, -0.25) is 9.69 Å². The Labute approximate surface area is 230 Å². The fourth-order valence-corrected chi connectivity index (χ4v) is 5.23. The molecule has 4 aromatic carbocycles. The minimum atomic E-state index is -0.856. The number of rotatable bonds is 9. The molecule has 39 heavy (non-hydrogen) atoms. The molecule has 0 saturated heterocycles. The predicted molar refractivity (Wildman–Crippen MR) is 155 cm³/mol. The van der Waals surface area contributed by atoms with Gasteiger partial charge < -0.3 is 9.84 Å². The zero-order valence-electron chi connectivity index (χ0n) is 22.3. The molecule has 1 aliphatic rings. The van der Waals surface area contributed by atoms with E-state index >= 15 is 0 Å². The van der Waals surface area contributed by atoms with Crippen molar-refractivity contribution in [1.29, 1.82) is 0 Å². The molecule has 0 spiro atoms. The molecule has 0 saturated carbocycles. The average Bonchev–Trinajstić information content (AvgIpc) is 2.97. The van der Waals surface area contributed by atoms with Crippen LogP contribution < -0.4 is 4.74 Å². The fourth-order valence-electron chi connectivity index (χ4n) is 5.23. The van der Waals surface area contributed by atoms with E-state index in [4.69, 9.17) is 4.74 Å². The summed E-state index contributed by atoms with van der Waals surface area (Å²) >= 11 is 0. The van der Waals surface area contributed by atoms with E-state index in [1.165, 1.54) is 27.8 Å². The van der Waals surface area contributed by atoms with Crippen molar-refractivity contribution < 1.29 is 14.6 Å². The molecule has 4 nitrogen and oxygen atoms in total. The first-order chi connectivity index (χ1) is 19.1. The van der Waals surface area contributed by atoms with E-state index in [9.17, 15) is 9.90 Å². The monoisotopic (exact) mass is 515 g/mol. The Hall–Kier alpha value is -4.33. The SMILES string of the molecule is CC#CC(CC(=O)O)c1ccc(OCc2ccc(CN3CCc4ccccc4C3)c(-c3ccccc3)c2)cc1. The molecule has 4 heteroatoms. The van der Waals surface area contributed by atoms with E-state index in [0.717, 1.165) is 42.9 Å². The Kier molecular flexibility index (Phi) is 8.41. The van der Waals surface area contributed by atoms with Crippen molar-refractivity contribution in [3.63, 3.8) is 0 Å². The number of carboxylic acid groups (broad SMARTS) is 1. The average molecular weight is 516 g/mol. The third-order valence-corrected chi connectivity index (χ3v) is 7.25. The number of carbonyl (C=O) groups is 1. The van der Waals surface area contributed by atoms with E-state index in [2.05, 4.69) is 89.5 Å². The molecule has 0 aromatic heterocycles. The van der Waals surface area contributed by atoms with Crippen LogP contribution in [0.25, 0.3) is 11.1 Å².